The highest BCUT2D eigenvalue weighted by Gasteiger charge is 2.35. The fraction of sp³-hybridized carbons (Fsp3) is 0.462. The third kappa shape index (κ3) is 5.75. The summed E-state index contributed by atoms with van der Waals surface area (Å²) < 4.78 is 28.7. The van der Waals surface area contributed by atoms with Crippen LogP contribution in [0.1, 0.15) is 32.3 Å². The van der Waals surface area contributed by atoms with E-state index in [-0.39, 0.29) is 16.7 Å². The fourth-order valence-corrected chi connectivity index (χ4v) is 7.26. The number of aryl methyl sites for hydroxylation is 1. The summed E-state index contributed by atoms with van der Waals surface area (Å²) in [4.78, 5) is 23.0. The van der Waals surface area contributed by atoms with E-state index in [0.29, 0.717) is 42.6 Å². The van der Waals surface area contributed by atoms with E-state index < -0.39 is 10.0 Å². The number of likely N-dealkylation sites (N-methyl/N-ethyl adjacent to an activating group) is 1. The summed E-state index contributed by atoms with van der Waals surface area (Å²) in [5.41, 5.74) is 2.02. The van der Waals surface area contributed by atoms with E-state index in [1.807, 2.05) is 30.0 Å². The van der Waals surface area contributed by atoms with Crippen LogP contribution in [-0.4, -0.2) is 67.8 Å². The molecule has 0 spiro atoms. The molecule has 1 fully saturated rings. The van der Waals surface area contributed by atoms with Gasteiger partial charge in [-0.15, -0.1) is 0 Å². The van der Waals surface area contributed by atoms with Crippen molar-refractivity contribution in [2.45, 2.75) is 38.5 Å². The Bertz CT molecular complexity index is 1300. The van der Waals surface area contributed by atoms with Gasteiger partial charge >= 0.3 is 0 Å². The van der Waals surface area contributed by atoms with Crippen molar-refractivity contribution in [1.82, 2.24) is 14.2 Å². The fourth-order valence-electron chi connectivity index (χ4n) is 4.59. The molecule has 3 aromatic rings. The number of benzene rings is 2. The highest BCUT2D eigenvalue weighted by atomic mass is 35.5. The maximum atomic E-state index is 13.8. The second-order valence-electron chi connectivity index (χ2n) is 9.07. The average Bonchev–Trinajstić information content (AvgIpc) is 3.32. The first-order valence-electron chi connectivity index (χ1n) is 12.4. The van der Waals surface area contributed by atoms with Crippen molar-refractivity contribution < 1.29 is 13.2 Å². The first-order valence-corrected chi connectivity index (χ1v) is 15.0. The molecule has 1 aliphatic heterocycles. The topological polar surface area (TPSA) is 73.8 Å². The number of para-hydroxylation sites is 1. The number of nitrogens with zero attached hydrogens (tertiary/aromatic N) is 4. The summed E-state index contributed by atoms with van der Waals surface area (Å²) in [5.74, 6) is -0.214. The van der Waals surface area contributed by atoms with Gasteiger partial charge in [0.1, 0.15) is 0 Å². The number of amides is 1. The summed E-state index contributed by atoms with van der Waals surface area (Å²) in [6.45, 7) is 10.0. The lowest BCUT2D eigenvalue weighted by Crippen LogP contribution is -2.46. The molecule has 0 N–H and O–H groups in total. The predicted molar refractivity (Wildman–Crippen MR) is 147 cm³/mol. The Morgan fingerprint density at radius 2 is 1.75 bits per heavy atom. The first-order chi connectivity index (χ1) is 17.2. The Morgan fingerprint density at radius 1 is 1.08 bits per heavy atom. The van der Waals surface area contributed by atoms with Gasteiger partial charge in [0.2, 0.25) is 15.9 Å². The minimum Gasteiger partial charge on any atom is -0.302 e. The van der Waals surface area contributed by atoms with Gasteiger partial charge in [-0.25, -0.2) is 13.4 Å². The summed E-state index contributed by atoms with van der Waals surface area (Å²) >= 11 is 7.46. The van der Waals surface area contributed by atoms with Crippen LogP contribution < -0.4 is 4.90 Å². The molecule has 2 heterocycles. The Kier molecular flexibility index (Phi) is 8.67. The Balaban J connectivity index is 1.52. The predicted octanol–water partition coefficient (Wildman–Crippen LogP) is 5.03. The normalized spacial score (nSPS) is 15.6. The van der Waals surface area contributed by atoms with Crippen molar-refractivity contribution >= 4 is 54.2 Å². The molecule has 2 aromatic carbocycles. The molecule has 0 aliphatic carbocycles. The number of carbonyl (C=O) groups excluding carboxylic acids is 1. The smallest absolute Gasteiger partial charge is 0.243 e. The van der Waals surface area contributed by atoms with E-state index in [4.69, 9.17) is 16.6 Å². The van der Waals surface area contributed by atoms with Gasteiger partial charge in [-0.05, 0) is 68.8 Å². The van der Waals surface area contributed by atoms with Crippen LogP contribution in [0.5, 0.6) is 0 Å². The van der Waals surface area contributed by atoms with Gasteiger partial charge in [-0.3, -0.25) is 9.69 Å². The maximum Gasteiger partial charge on any atom is 0.243 e. The average molecular weight is 549 g/mol. The Labute approximate surface area is 222 Å². The standard InChI is InChI=1S/C26H33ClN4O3S2/c1-4-29(5-2)17-18-31(26-28-24-19(3)7-6-8-23(24)35-26)25(32)20-13-15-30(16-14-20)36(33,34)22-11-9-21(27)10-12-22/h6-12,20H,4-5,13-18H2,1-3H3. The van der Waals surface area contributed by atoms with Gasteiger partial charge in [0, 0.05) is 37.1 Å². The van der Waals surface area contributed by atoms with Gasteiger partial charge < -0.3 is 4.90 Å². The number of piperidine rings is 1. The third-order valence-corrected chi connectivity index (χ3v) is 10.1. The van der Waals surface area contributed by atoms with Crippen LogP contribution in [0.15, 0.2) is 47.4 Å². The van der Waals surface area contributed by atoms with Crippen molar-refractivity contribution in [3.63, 3.8) is 0 Å². The molecular formula is C26H33ClN4O3S2. The number of sulfonamides is 1. The van der Waals surface area contributed by atoms with Gasteiger partial charge in [-0.1, -0.05) is 48.9 Å². The van der Waals surface area contributed by atoms with E-state index >= 15 is 0 Å². The molecule has 1 aromatic heterocycles. The number of carbonyl (C=O) groups is 1. The third-order valence-electron chi connectivity index (χ3n) is 6.90. The molecule has 1 saturated heterocycles. The number of anilines is 1. The second-order valence-corrected chi connectivity index (χ2v) is 12.5. The largest absolute Gasteiger partial charge is 0.302 e. The Hall–Kier alpha value is -2.04. The van der Waals surface area contributed by atoms with E-state index in [1.54, 1.807) is 23.5 Å². The van der Waals surface area contributed by atoms with E-state index in [0.717, 1.165) is 35.4 Å². The van der Waals surface area contributed by atoms with E-state index in [1.165, 1.54) is 16.4 Å². The van der Waals surface area contributed by atoms with Gasteiger partial charge in [0.05, 0.1) is 15.1 Å². The SMILES string of the molecule is CCN(CC)CCN(C(=O)C1CCN(S(=O)(=O)c2ccc(Cl)cc2)CC1)c1nc2c(C)cccc2s1. The lowest BCUT2D eigenvalue weighted by Gasteiger charge is -2.33. The van der Waals surface area contributed by atoms with Crippen LogP contribution >= 0.6 is 22.9 Å². The van der Waals surface area contributed by atoms with Gasteiger partial charge in [-0.2, -0.15) is 4.31 Å². The summed E-state index contributed by atoms with van der Waals surface area (Å²) in [6, 6.07) is 12.3. The molecule has 0 radical (unpaired) electrons. The van der Waals surface area contributed by atoms with E-state index in [2.05, 4.69) is 18.7 Å². The number of halogens is 1. The molecule has 0 atom stereocenters. The van der Waals surface area contributed by atoms with Crippen molar-refractivity contribution in [3.8, 4) is 0 Å². The van der Waals surface area contributed by atoms with E-state index in [9.17, 15) is 13.2 Å². The molecule has 4 rings (SSSR count). The summed E-state index contributed by atoms with van der Waals surface area (Å²) in [7, 11) is -3.62. The van der Waals surface area contributed by atoms with Crippen molar-refractivity contribution in [1.29, 1.82) is 0 Å². The van der Waals surface area contributed by atoms with Crippen LogP contribution in [-0.2, 0) is 14.8 Å². The second kappa shape index (κ2) is 11.6. The zero-order chi connectivity index (χ0) is 25.9. The van der Waals surface area contributed by atoms with Crippen LogP contribution in [0.25, 0.3) is 10.2 Å². The minimum absolute atomic E-state index is 0.0300. The Morgan fingerprint density at radius 3 is 2.36 bits per heavy atom. The molecule has 194 valence electrons. The molecular weight excluding hydrogens is 516 g/mol. The quantitative estimate of drug-likeness (QED) is 0.375. The maximum absolute atomic E-state index is 13.8. The zero-order valence-corrected chi connectivity index (χ0v) is 23.4. The lowest BCUT2D eigenvalue weighted by atomic mass is 9.96. The summed E-state index contributed by atoms with van der Waals surface area (Å²) in [6.07, 6.45) is 0.967. The lowest BCUT2D eigenvalue weighted by molar-refractivity contribution is -0.123. The summed E-state index contributed by atoms with van der Waals surface area (Å²) in [5, 5.41) is 1.21. The molecule has 1 aliphatic rings. The number of hydrogen-bond acceptors (Lipinski definition) is 6. The highest BCUT2D eigenvalue weighted by Crippen LogP contribution is 2.33. The highest BCUT2D eigenvalue weighted by molar-refractivity contribution is 7.89. The van der Waals surface area contributed by atoms with Crippen LogP contribution in [0.3, 0.4) is 0 Å². The van der Waals surface area contributed by atoms with Crippen LogP contribution in [0.4, 0.5) is 5.13 Å². The molecule has 0 bridgehead atoms. The number of fused-ring (bicyclic) bond motifs is 1. The minimum atomic E-state index is -3.62. The molecule has 0 unspecified atom stereocenters. The van der Waals surface area contributed by atoms with Gasteiger partial charge in [0.25, 0.3) is 0 Å². The number of aromatic nitrogens is 1. The first kappa shape index (κ1) is 27.0. The monoisotopic (exact) mass is 548 g/mol. The zero-order valence-electron chi connectivity index (χ0n) is 21.0. The molecule has 10 heteroatoms. The molecule has 0 saturated carbocycles. The molecule has 1 amide bonds. The van der Waals surface area contributed by atoms with Crippen LogP contribution in [0.2, 0.25) is 5.02 Å². The van der Waals surface area contributed by atoms with Crippen molar-refractivity contribution in [2.75, 3.05) is 44.2 Å². The van der Waals surface area contributed by atoms with Crippen LogP contribution in [0, 0.1) is 12.8 Å². The molecule has 36 heavy (non-hydrogen) atoms. The number of hydrogen-bond donors (Lipinski definition) is 0. The molecule has 7 nitrogen and oxygen atoms in total. The van der Waals surface area contributed by atoms with Gasteiger partial charge in [0.15, 0.2) is 5.13 Å². The van der Waals surface area contributed by atoms with Crippen molar-refractivity contribution in [2.24, 2.45) is 5.92 Å². The number of rotatable bonds is 9. The van der Waals surface area contributed by atoms with Crippen molar-refractivity contribution in [3.05, 3.63) is 53.1 Å². The number of thiazole rings is 1.